The summed E-state index contributed by atoms with van der Waals surface area (Å²) in [6.45, 7) is 4.62. The van der Waals surface area contributed by atoms with Crippen molar-refractivity contribution in [3.8, 4) is 11.3 Å². The van der Waals surface area contributed by atoms with E-state index in [2.05, 4.69) is 10.3 Å². The molecule has 0 radical (unpaired) electrons. The Morgan fingerprint density at radius 1 is 1.03 bits per heavy atom. The minimum atomic E-state index is -0.235. The lowest BCUT2D eigenvalue weighted by Gasteiger charge is -2.24. The van der Waals surface area contributed by atoms with E-state index in [4.69, 9.17) is 0 Å². The van der Waals surface area contributed by atoms with Crippen LogP contribution in [0.5, 0.6) is 0 Å². The predicted molar refractivity (Wildman–Crippen MR) is 118 cm³/mol. The second kappa shape index (κ2) is 9.98. The molecule has 1 N–H and O–H groups in total. The van der Waals surface area contributed by atoms with Crippen LogP contribution in [0, 0.1) is 5.92 Å². The van der Waals surface area contributed by atoms with Crippen LogP contribution in [0.4, 0.5) is 5.13 Å². The highest BCUT2D eigenvalue weighted by Gasteiger charge is 2.19. The number of anilines is 1. The molecular formula is C23H25N3O2S. The van der Waals surface area contributed by atoms with Crippen molar-refractivity contribution in [2.24, 2.45) is 5.92 Å². The zero-order valence-corrected chi connectivity index (χ0v) is 17.5. The van der Waals surface area contributed by atoms with Gasteiger partial charge in [-0.2, -0.15) is 0 Å². The van der Waals surface area contributed by atoms with Crippen molar-refractivity contribution in [2.75, 3.05) is 18.4 Å². The van der Waals surface area contributed by atoms with E-state index in [-0.39, 0.29) is 30.7 Å². The highest BCUT2D eigenvalue weighted by Crippen LogP contribution is 2.24. The van der Waals surface area contributed by atoms with Gasteiger partial charge in [-0.25, -0.2) is 4.98 Å². The Hall–Kier alpha value is -2.99. The Kier molecular flexibility index (Phi) is 7.14. The van der Waals surface area contributed by atoms with Gasteiger partial charge in [0.2, 0.25) is 11.8 Å². The fourth-order valence-corrected chi connectivity index (χ4v) is 3.72. The summed E-state index contributed by atoms with van der Waals surface area (Å²) in [5.41, 5.74) is 2.77. The molecule has 0 bridgehead atoms. The molecule has 150 valence electrons. The number of thiazole rings is 1. The molecular weight excluding hydrogens is 382 g/mol. The van der Waals surface area contributed by atoms with E-state index in [1.165, 1.54) is 11.3 Å². The number of benzene rings is 2. The first-order chi connectivity index (χ1) is 14.0. The summed E-state index contributed by atoms with van der Waals surface area (Å²) in [4.78, 5) is 31.4. The van der Waals surface area contributed by atoms with Crippen LogP contribution in [0.2, 0.25) is 0 Å². The summed E-state index contributed by atoms with van der Waals surface area (Å²) in [6, 6.07) is 19.4. The van der Waals surface area contributed by atoms with E-state index >= 15 is 0 Å². The Balaban J connectivity index is 1.62. The lowest BCUT2D eigenvalue weighted by Crippen LogP contribution is -2.41. The molecule has 29 heavy (non-hydrogen) atoms. The zero-order chi connectivity index (χ0) is 20.6. The molecule has 0 fully saturated rings. The molecule has 0 unspecified atom stereocenters. The van der Waals surface area contributed by atoms with Crippen LogP contribution in [0.15, 0.2) is 66.0 Å². The maximum absolute atomic E-state index is 12.8. The lowest BCUT2D eigenvalue weighted by molar-refractivity contribution is -0.134. The molecule has 1 aromatic heterocycles. The lowest BCUT2D eigenvalue weighted by atomic mass is 10.1. The van der Waals surface area contributed by atoms with Crippen molar-refractivity contribution in [3.63, 3.8) is 0 Å². The Labute approximate surface area is 175 Å². The van der Waals surface area contributed by atoms with E-state index in [9.17, 15) is 9.59 Å². The van der Waals surface area contributed by atoms with Crippen molar-refractivity contribution in [1.82, 2.24) is 9.88 Å². The maximum atomic E-state index is 12.8. The number of rotatable bonds is 8. The van der Waals surface area contributed by atoms with Crippen molar-refractivity contribution in [1.29, 1.82) is 0 Å². The average Bonchev–Trinajstić information content (AvgIpc) is 3.17. The molecule has 0 saturated carbocycles. The van der Waals surface area contributed by atoms with Crippen molar-refractivity contribution in [3.05, 3.63) is 71.6 Å². The SMILES string of the molecule is CC(C)CN(CC(=O)Nc1nc(-c2ccccc2)cs1)C(=O)Cc1ccccc1. The van der Waals surface area contributed by atoms with Gasteiger partial charge < -0.3 is 10.2 Å². The van der Waals surface area contributed by atoms with E-state index in [1.54, 1.807) is 4.90 Å². The van der Waals surface area contributed by atoms with Crippen LogP contribution in [-0.2, 0) is 16.0 Å². The third-order valence-electron chi connectivity index (χ3n) is 4.29. The molecule has 2 amide bonds. The Morgan fingerprint density at radius 3 is 2.34 bits per heavy atom. The van der Waals surface area contributed by atoms with Gasteiger partial charge in [-0.15, -0.1) is 11.3 Å². The summed E-state index contributed by atoms with van der Waals surface area (Å²) in [5, 5.41) is 5.28. The Bertz CT molecular complexity index is 939. The van der Waals surface area contributed by atoms with Crippen LogP contribution >= 0.6 is 11.3 Å². The Morgan fingerprint density at radius 2 is 1.69 bits per heavy atom. The van der Waals surface area contributed by atoms with E-state index < -0.39 is 0 Å². The van der Waals surface area contributed by atoms with E-state index in [1.807, 2.05) is 79.9 Å². The van der Waals surface area contributed by atoms with Gasteiger partial charge >= 0.3 is 0 Å². The second-order valence-electron chi connectivity index (χ2n) is 7.28. The molecule has 0 aliphatic heterocycles. The van der Waals surface area contributed by atoms with Gasteiger partial charge in [-0.1, -0.05) is 74.5 Å². The fourth-order valence-electron chi connectivity index (χ4n) is 2.98. The molecule has 2 aromatic carbocycles. The minimum absolute atomic E-state index is 0.0180. The second-order valence-corrected chi connectivity index (χ2v) is 8.14. The van der Waals surface area contributed by atoms with Crippen LogP contribution < -0.4 is 5.32 Å². The number of hydrogen-bond donors (Lipinski definition) is 1. The molecule has 5 nitrogen and oxygen atoms in total. The molecule has 0 aliphatic rings. The molecule has 1 heterocycles. The number of aromatic nitrogens is 1. The van der Waals surface area contributed by atoms with Crippen molar-refractivity contribution >= 4 is 28.3 Å². The van der Waals surface area contributed by atoms with Crippen LogP contribution in [0.25, 0.3) is 11.3 Å². The van der Waals surface area contributed by atoms with Gasteiger partial charge in [-0.3, -0.25) is 9.59 Å². The number of carbonyl (C=O) groups excluding carboxylic acids is 2. The largest absolute Gasteiger partial charge is 0.333 e. The molecule has 6 heteroatoms. The highest BCUT2D eigenvalue weighted by molar-refractivity contribution is 7.14. The molecule has 0 aliphatic carbocycles. The number of carbonyl (C=O) groups is 2. The van der Waals surface area contributed by atoms with Crippen molar-refractivity contribution in [2.45, 2.75) is 20.3 Å². The molecule has 3 rings (SSSR count). The highest BCUT2D eigenvalue weighted by atomic mass is 32.1. The topological polar surface area (TPSA) is 62.3 Å². The molecule has 0 saturated heterocycles. The summed E-state index contributed by atoms with van der Waals surface area (Å²) in [5.74, 6) is -0.0164. The van der Waals surface area contributed by atoms with Crippen LogP contribution in [0.1, 0.15) is 19.4 Å². The zero-order valence-electron chi connectivity index (χ0n) is 16.7. The van der Waals surface area contributed by atoms with Crippen LogP contribution in [0.3, 0.4) is 0 Å². The number of nitrogens with zero attached hydrogens (tertiary/aromatic N) is 2. The van der Waals surface area contributed by atoms with Crippen LogP contribution in [-0.4, -0.2) is 34.8 Å². The third kappa shape index (κ3) is 6.26. The monoisotopic (exact) mass is 407 g/mol. The minimum Gasteiger partial charge on any atom is -0.333 e. The van der Waals surface area contributed by atoms with Crippen molar-refractivity contribution < 1.29 is 9.59 Å². The van der Waals surface area contributed by atoms with Gasteiger partial charge in [0.05, 0.1) is 18.7 Å². The summed E-state index contributed by atoms with van der Waals surface area (Å²) < 4.78 is 0. The first-order valence-electron chi connectivity index (χ1n) is 9.64. The van der Waals surface area contributed by atoms with Gasteiger partial charge in [0.1, 0.15) is 0 Å². The first kappa shape index (κ1) is 20.7. The van der Waals surface area contributed by atoms with Gasteiger partial charge in [0.25, 0.3) is 0 Å². The summed E-state index contributed by atoms with van der Waals surface area (Å²) >= 11 is 1.38. The van der Waals surface area contributed by atoms with Gasteiger partial charge in [0, 0.05) is 17.5 Å². The van der Waals surface area contributed by atoms with E-state index in [0.717, 1.165) is 16.8 Å². The fraction of sp³-hybridized carbons (Fsp3) is 0.261. The number of nitrogens with one attached hydrogen (secondary N) is 1. The van der Waals surface area contributed by atoms with Gasteiger partial charge in [-0.05, 0) is 11.5 Å². The number of amides is 2. The van der Waals surface area contributed by atoms with E-state index in [0.29, 0.717) is 11.7 Å². The normalized spacial score (nSPS) is 10.7. The molecule has 0 spiro atoms. The summed E-state index contributed by atoms with van der Waals surface area (Å²) in [6.07, 6.45) is 0.288. The standard InChI is InChI=1S/C23H25N3O2S/c1-17(2)14-26(22(28)13-18-9-5-3-6-10-18)15-21(27)25-23-24-20(16-29-23)19-11-7-4-8-12-19/h3-12,16-17H,13-15H2,1-2H3,(H,24,25,27). The quantitative estimate of drug-likeness (QED) is 0.599. The average molecular weight is 408 g/mol. The molecule has 0 atom stereocenters. The first-order valence-corrected chi connectivity index (χ1v) is 10.5. The molecule has 3 aromatic rings. The third-order valence-corrected chi connectivity index (χ3v) is 5.05. The smallest absolute Gasteiger partial charge is 0.245 e. The van der Waals surface area contributed by atoms with Gasteiger partial charge in [0.15, 0.2) is 5.13 Å². The number of hydrogen-bond acceptors (Lipinski definition) is 4. The maximum Gasteiger partial charge on any atom is 0.245 e. The summed E-state index contributed by atoms with van der Waals surface area (Å²) in [7, 11) is 0. The predicted octanol–water partition coefficient (Wildman–Crippen LogP) is 4.48.